The van der Waals surface area contributed by atoms with E-state index >= 15 is 0 Å². The number of nitrogens with zero attached hydrogens (tertiary/aromatic N) is 2. The molecule has 0 unspecified atom stereocenters. The number of methoxy groups -OCH3 is 1. The molecule has 0 radical (unpaired) electrons. The minimum atomic E-state index is -1.16. The molecule has 4 rings (SSSR count). The average Bonchev–Trinajstić information content (AvgIpc) is 3.46. The van der Waals surface area contributed by atoms with Crippen LogP contribution in [0.2, 0.25) is 0 Å². The molecule has 8 nitrogen and oxygen atoms in total. The molecule has 2 aromatic rings. The molecule has 9 heteroatoms. The molecule has 1 aromatic heterocycles. The van der Waals surface area contributed by atoms with Gasteiger partial charge in [-0.3, -0.25) is 4.79 Å². The molecule has 2 fully saturated rings. The number of piperidine rings is 1. The summed E-state index contributed by atoms with van der Waals surface area (Å²) in [7, 11) is 1.34. The lowest BCUT2D eigenvalue weighted by molar-refractivity contribution is -0.121. The molecule has 0 bridgehead atoms. The molecule has 1 aromatic carbocycles. The normalized spacial score (nSPS) is 16.9. The van der Waals surface area contributed by atoms with Crippen molar-refractivity contribution in [2.75, 3.05) is 25.1 Å². The second kappa shape index (κ2) is 8.95. The molecule has 2 heterocycles. The maximum Gasteiger partial charge on any atom is 0.343 e. The maximum atomic E-state index is 13.7. The van der Waals surface area contributed by atoms with E-state index in [0.29, 0.717) is 37.0 Å². The highest BCUT2D eigenvalue weighted by Gasteiger charge is 2.31. The van der Waals surface area contributed by atoms with Crippen LogP contribution >= 0.6 is 0 Å². The van der Waals surface area contributed by atoms with Gasteiger partial charge in [-0.2, -0.15) is 0 Å². The van der Waals surface area contributed by atoms with Crippen molar-refractivity contribution in [1.29, 1.82) is 0 Å². The number of halogens is 1. The summed E-state index contributed by atoms with van der Waals surface area (Å²) in [6, 6.07) is 4.41. The molecule has 1 amide bonds. The smallest absolute Gasteiger partial charge is 0.343 e. The minimum Gasteiger partial charge on any atom is -0.494 e. The largest absolute Gasteiger partial charge is 0.494 e. The molecule has 2 aliphatic rings. The van der Waals surface area contributed by atoms with E-state index in [-0.39, 0.29) is 28.8 Å². The van der Waals surface area contributed by atoms with Gasteiger partial charge in [-0.25, -0.2) is 9.18 Å². The van der Waals surface area contributed by atoms with Crippen LogP contribution in [0.3, 0.4) is 0 Å². The van der Waals surface area contributed by atoms with Crippen LogP contribution in [0.4, 0.5) is 10.2 Å². The van der Waals surface area contributed by atoms with Crippen molar-refractivity contribution in [3.63, 3.8) is 0 Å². The van der Waals surface area contributed by atoms with Crippen molar-refractivity contribution in [2.24, 2.45) is 5.92 Å². The lowest BCUT2D eigenvalue weighted by Gasteiger charge is -2.32. The number of hydrogen-bond donors (Lipinski definition) is 2. The molecule has 2 N–H and O–H groups in total. The molecular formula is C22H26FN3O5. The number of carbonyl (C=O) groups is 2. The van der Waals surface area contributed by atoms with Crippen molar-refractivity contribution < 1.29 is 28.3 Å². The van der Waals surface area contributed by atoms with Crippen LogP contribution in [0.1, 0.15) is 48.9 Å². The molecule has 0 atom stereocenters. The maximum absolute atomic E-state index is 13.7. The summed E-state index contributed by atoms with van der Waals surface area (Å²) in [4.78, 5) is 25.8. The average molecular weight is 431 g/mol. The van der Waals surface area contributed by atoms with Gasteiger partial charge in [-0.1, -0.05) is 5.16 Å². The number of hydrogen-bond acceptors (Lipinski definition) is 6. The number of anilines is 1. The third-order valence-corrected chi connectivity index (χ3v) is 5.94. The van der Waals surface area contributed by atoms with Crippen molar-refractivity contribution >= 4 is 17.7 Å². The van der Waals surface area contributed by atoms with Crippen LogP contribution < -0.4 is 15.0 Å². The Bertz CT molecular complexity index is 964. The van der Waals surface area contributed by atoms with E-state index in [2.05, 4.69) is 10.5 Å². The second-order valence-electron chi connectivity index (χ2n) is 8.18. The zero-order valence-electron chi connectivity index (χ0n) is 17.4. The van der Waals surface area contributed by atoms with Gasteiger partial charge in [0, 0.05) is 31.1 Å². The fraction of sp³-hybridized carbons (Fsp3) is 0.500. The Morgan fingerprint density at radius 2 is 2.03 bits per heavy atom. The predicted octanol–water partition coefficient (Wildman–Crippen LogP) is 3.46. The van der Waals surface area contributed by atoms with Gasteiger partial charge in [-0.05, 0) is 56.2 Å². The number of ether oxygens (including phenoxy) is 1. The SMILES string of the molecule is COc1cc(-c2onc(N3CCC(CCC(=O)NC4CC4)CC3)c2C(=O)O)ccc1F. The third kappa shape index (κ3) is 4.81. The monoisotopic (exact) mass is 431 g/mol. The van der Waals surface area contributed by atoms with E-state index in [4.69, 9.17) is 9.26 Å². The predicted molar refractivity (Wildman–Crippen MR) is 111 cm³/mol. The first-order valence-electron chi connectivity index (χ1n) is 10.6. The topological polar surface area (TPSA) is 105 Å². The Balaban J connectivity index is 1.43. The lowest BCUT2D eigenvalue weighted by atomic mass is 9.92. The van der Waals surface area contributed by atoms with Gasteiger partial charge in [0.2, 0.25) is 5.91 Å². The summed E-state index contributed by atoms with van der Waals surface area (Å²) in [5, 5.41) is 16.8. The molecule has 31 heavy (non-hydrogen) atoms. The Morgan fingerprint density at radius 1 is 1.29 bits per heavy atom. The summed E-state index contributed by atoms with van der Waals surface area (Å²) in [5.41, 5.74) is 0.335. The van der Waals surface area contributed by atoms with Crippen LogP contribution in [-0.2, 0) is 4.79 Å². The summed E-state index contributed by atoms with van der Waals surface area (Å²) in [6.07, 6.45) is 5.23. The van der Waals surface area contributed by atoms with Gasteiger partial charge < -0.3 is 24.6 Å². The number of aromatic nitrogens is 1. The molecule has 1 saturated heterocycles. The van der Waals surface area contributed by atoms with E-state index < -0.39 is 11.8 Å². The number of aromatic carboxylic acids is 1. The van der Waals surface area contributed by atoms with Crippen LogP contribution in [0.5, 0.6) is 5.75 Å². The highest BCUT2D eigenvalue weighted by atomic mass is 19.1. The van der Waals surface area contributed by atoms with E-state index in [9.17, 15) is 19.1 Å². The van der Waals surface area contributed by atoms with Gasteiger partial charge in [-0.15, -0.1) is 0 Å². The van der Waals surface area contributed by atoms with Gasteiger partial charge >= 0.3 is 5.97 Å². The van der Waals surface area contributed by atoms with E-state index in [1.165, 1.54) is 25.3 Å². The first-order chi connectivity index (χ1) is 15.0. The van der Waals surface area contributed by atoms with Crippen LogP contribution in [0.15, 0.2) is 22.7 Å². The van der Waals surface area contributed by atoms with Crippen LogP contribution in [0.25, 0.3) is 11.3 Å². The lowest BCUT2D eigenvalue weighted by Crippen LogP contribution is -2.35. The van der Waals surface area contributed by atoms with E-state index in [1.54, 1.807) is 0 Å². The summed E-state index contributed by atoms with van der Waals surface area (Å²) in [6.45, 7) is 1.27. The molecule has 1 aliphatic carbocycles. The molecule has 1 aliphatic heterocycles. The number of rotatable bonds is 8. The quantitative estimate of drug-likeness (QED) is 0.659. The first kappa shape index (κ1) is 21.1. The van der Waals surface area contributed by atoms with E-state index in [1.807, 2.05) is 4.90 Å². The van der Waals surface area contributed by atoms with Crippen molar-refractivity contribution in [3.8, 4) is 17.1 Å². The number of benzene rings is 1. The summed E-state index contributed by atoms with van der Waals surface area (Å²) >= 11 is 0. The Morgan fingerprint density at radius 3 is 2.68 bits per heavy atom. The number of nitrogens with one attached hydrogen (secondary N) is 1. The second-order valence-corrected chi connectivity index (χ2v) is 8.18. The van der Waals surface area contributed by atoms with Crippen molar-refractivity contribution in [2.45, 2.75) is 44.6 Å². The molecule has 166 valence electrons. The Labute approximate surface area is 179 Å². The fourth-order valence-electron chi connectivity index (χ4n) is 3.98. The molecule has 1 saturated carbocycles. The standard InChI is InChI=1S/C22H26FN3O5/c1-30-17-12-14(3-6-16(17)23)20-19(22(28)29)21(25-31-20)26-10-8-13(9-11-26)2-7-18(27)24-15-4-5-15/h3,6,12-13,15H,2,4-5,7-11H2,1H3,(H,24,27)(H,28,29). The Hall–Kier alpha value is -3.10. The minimum absolute atomic E-state index is 0.00155. The van der Waals surface area contributed by atoms with Crippen LogP contribution in [-0.4, -0.2) is 48.4 Å². The van der Waals surface area contributed by atoms with Gasteiger partial charge in [0.1, 0.15) is 0 Å². The van der Waals surface area contributed by atoms with Gasteiger partial charge in [0.15, 0.2) is 28.7 Å². The highest BCUT2D eigenvalue weighted by molar-refractivity contribution is 5.99. The van der Waals surface area contributed by atoms with E-state index in [0.717, 1.165) is 32.1 Å². The summed E-state index contributed by atoms with van der Waals surface area (Å²) in [5.74, 6) is -0.825. The molecule has 0 spiro atoms. The zero-order chi connectivity index (χ0) is 22.0. The third-order valence-electron chi connectivity index (χ3n) is 5.94. The van der Waals surface area contributed by atoms with Crippen molar-refractivity contribution in [3.05, 3.63) is 29.6 Å². The van der Waals surface area contributed by atoms with Gasteiger partial charge in [0.25, 0.3) is 0 Å². The highest BCUT2D eigenvalue weighted by Crippen LogP contribution is 2.35. The fourth-order valence-corrected chi connectivity index (χ4v) is 3.98. The molecular weight excluding hydrogens is 405 g/mol. The Kier molecular flexibility index (Phi) is 6.11. The first-order valence-corrected chi connectivity index (χ1v) is 10.6. The summed E-state index contributed by atoms with van der Waals surface area (Å²) < 4.78 is 24.1. The number of carboxylic acid groups (broad SMARTS) is 1. The number of amides is 1. The number of carbonyl (C=O) groups excluding carboxylic acids is 1. The zero-order valence-corrected chi connectivity index (χ0v) is 17.4. The van der Waals surface area contributed by atoms with Crippen molar-refractivity contribution in [1.82, 2.24) is 10.5 Å². The van der Waals surface area contributed by atoms with Crippen LogP contribution in [0, 0.1) is 11.7 Å². The number of carboxylic acids is 1. The van der Waals surface area contributed by atoms with Gasteiger partial charge in [0.05, 0.1) is 7.11 Å².